The monoisotopic (exact) mass is 363 g/mol. The summed E-state index contributed by atoms with van der Waals surface area (Å²) in [6, 6.07) is 13.1. The third kappa shape index (κ3) is 3.63. The van der Waals surface area contributed by atoms with E-state index in [2.05, 4.69) is 5.32 Å². The molecule has 1 aliphatic heterocycles. The molecule has 2 aromatic rings. The first-order chi connectivity index (χ1) is 11.5. The fourth-order valence-electron chi connectivity index (χ4n) is 2.51. The Balaban J connectivity index is 1.79. The van der Waals surface area contributed by atoms with Gasteiger partial charge in [0.05, 0.1) is 4.92 Å². The van der Waals surface area contributed by atoms with Gasteiger partial charge in [-0.15, -0.1) is 11.8 Å². The SMILES string of the molecule is O=C(Nc1cccc(Cl)c1)N1CCS[C@H]1c1cccc([N+](=O)[O-])c1. The Kier molecular flexibility index (Phi) is 4.92. The second kappa shape index (κ2) is 7.11. The van der Waals surface area contributed by atoms with Crippen LogP contribution in [-0.2, 0) is 0 Å². The molecule has 1 heterocycles. The van der Waals surface area contributed by atoms with Gasteiger partial charge in [0.15, 0.2) is 0 Å². The number of benzene rings is 2. The highest BCUT2D eigenvalue weighted by molar-refractivity contribution is 7.99. The molecule has 0 spiro atoms. The van der Waals surface area contributed by atoms with E-state index in [1.165, 1.54) is 12.1 Å². The lowest BCUT2D eigenvalue weighted by molar-refractivity contribution is -0.384. The molecule has 2 amide bonds. The Bertz CT molecular complexity index is 787. The van der Waals surface area contributed by atoms with E-state index in [0.29, 0.717) is 17.3 Å². The molecule has 1 saturated heterocycles. The molecular weight excluding hydrogens is 350 g/mol. The van der Waals surface area contributed by atoms with E-state index >= 15 is 0 Å². The standard InChI is InChI=1S/C16H14ClN3O3S/c17-12-4-2-5-13(10-12)18-16(21)19-7-8-24-15(19)11-3-1-6-14(9-11)20(22)23/h1-6,9-10,15H,7-8H2,(H,18,21)/t15-/m0/s1. The Hall–Kier alpha value is -2.25. The molecule has 0 bridgehead atoms. The third-order valence-corrected chi connectivity index (χ3v) is 5.09. The minimum absolute atomic E-state index is 0.0233. The first kappa shape index (κ1) is 16.6. The maximum atomic E-state index is 12.6. The summed E-state index contributed by atoms with van der Waals surface area (Å²) < 4.78 is 0. The maximum absolute atomic E-state index is 12.6. The first-order valence-corrected chi connectivity index (χ1v) is 8.66. The minimum atomic E-state index is -0.431. The van der Waals surface area contributed by atoms with Gasteiger partial charge in [0, 0.05) is 35.1 Å². The number of thioether (sulfide) groups is 1. The predicted octanol–water partition coefficient (Wildman–Crippen LogP) is 4.53. The lowest BCUT2D eigenvalue weighted by Crippen LogP contribution is -2.34. The van der Waals surface area contributed by atoms with Gasteiger partial charge in [0.1, 0.15) is 5.37 Å². The number of carbonyl (C=O) groups excluding carboxylic acids is 1. The summed E-state index contributed by atoms with van der Waals surface area (Å²) in [6.45, 7) is 0.574. The van der Waals surface area contributed by atoms with Gasteiger partial charge < -0.3 is 10.2 Å². The molecular formula is C16H14ClN3O3S. The quantitative estimate of drug-likeness (QED) is 0.642. The van der Waals surface area contributed by atoms with E-state index in [4.69, 9.17) is 11.6 Å². The number of nitrogens with zero attached hydrogens (tertiary/aromatic N) is 2. The topological polar surface area (TPSA) is 75.5 Å². The molecule has 0 unspecified atom stereocenters. The molecule has 1 fully saturated rings. The lowest BCUT2D eigenvalue weighted by atomic mass is 10.2. The molecule has 124 valence electrons. The summed E-state index contributed by atoms with van der Waals surface area (Å²) in [7, 11) is 0. The van der Waals surface area contributed by atoms with E-state index in [-0.39, 0.29) is 17.1 Å². The number of non-ortho nitro benzene ring substituents is 1. The number of rotatable bonds is 3. The van der Waals surface area contributed by atoms with E-state index in [1.54, 1.807) is 53.1 Å². The second-order valence-corrected chi connectivity index (χ2v) is 6.83. The number of anilines is 1. The molecule has 8 heteroatoms. The van der Waals surface area contributed by atoms with Crippen LogP contribution in [0.3, 0.4) is 0 Å². The Morgan fingerprint density at radius 3 is 2.83 bits per heavy atom. The molecule has 2 aromatic carbocycles. The van der Waals surface area contributed by atoms with Crippen LogP contribution in [0.4, 0.5) is 16.2 Å². The smallest absolute Gasteiger partial charge is 0.308 e. The summed E-state index contributed by atoms with van der Waals surface area (Å²) in [5.41, 5.74) is 1.38. The Morgan fingerprint density at radius 1 is 1.29 bits per heavy atom. The van der Waals surface area contributed by atoms with Crippen molar-refractivity contribution >= 4 is 40.8 Å². The molecule has 3 rings (SSSR count). The molecule has 1 aliphatic rings. The molecule has 0 aliphatic carbocycles. The van der Waals surface area contributed by atoms with Crippen molar-refractivity contribution in [2.75, 3.05) is 17.6 Å². The van der Waals surface area contributed by atoms with Crippen LogP contribution >= 0.6 is 23.4 Å². The highest BCUT2D eigenvalue weighted by atomic mass is 35.5. The zero-order chi connectivity index (χ0) is 17.1. The molecule has 0 aromatic heterocycles. The fraction of sp³-hybridized carbons (Fsp3) is 0.188. The first-order valence-electron chi connectivity index (χ1n) is 7.24. The minimum Gasteiger partial charge on any atom is -0.308 e. The molecule has 6 nitrogen and oxygen atoms in total. The van der Waals surface area contributed by atoms with E-state index in [1.807, 2.05) is 0 Å². The summed E-state index contributed by atoms with van der Waals surface area (Å²) in [6.07, 6.45) is 0. The van der Waals surface area contributed by atoms with Crippen LogP contribution in [-0.4, -0.2) is 28.2 Å². The number of halogens is 1. The highest BCUT2D eigenvalue weighted by Crippen LogP contribution is 2.39. The normalized spacial score (nSPS) is 16.9. The van der Waals surface area contributed by atoms with Crippen LogP contribution in [0, 0.1) is 10.1 Å². The van der Waals surface area contributed by atoms with E-state index in [0.717, 1.165) is 11.3 Å². The van der Waals surface area contributed by atoms with Gasteiger partial charge in [0.2, 0.25) is 0 Å². The van der Waals surface area contributed by atoms with Crippen LogP contribution < -0.4 is 5.32 Å². The van der Waals surface area contributed by atoms with Gasteiger partial charge >= 0.3 is 6.03 Å². The number of hydrogen-bond acceptors (Lipinski definition) is 4. The fourth-order valence-corrected chi connectivity index (χ4v) is 3.94. The van der Waals surface area contributed by atoms with Crippen molar-refractivity contribution in [3.63, 3.8) is 0 Å². The van der Waals surface area contributed by atoms with Crippen molar-refractivity contribution in [2.45, 2.75) is 5.37 Å². The summed E-state index contributed by atoms with van der Waals surface area (Å²) in [5, 5.41) is 14.1. The molecule has 1 atom stereocenters. The summed E-state index contributed by atoms with van der Waals surface area (Å²) in [5.74, 6) is 0.774. The van der Waals surface area contributed by atoms with Crippen molar-refractivity contribution in [1.29, 1.82) is 0 Å². The van der Waals surface area contributed by atoms with E-state index in [9.17, 15) is 14.9 Å². The molecule has 0 saturated carbocycles. The number of carbonyl (C=O) groups is 1. The average molecular weight is 364 g/mol. The number of nitro groups is 1. The van der Waals surface area contributed by atoms with Crippen LogP contribution in [0.2, 0.25) is 5.02 Å². The lowest BCUT2D eigenvalue weighted by Gasteiger charge is -2.24. The van der Waals surface area contributed by atoms with Gasteiger partial charge in [-0.05, 0) is 23.8 Å². The van der Waals surface area contributed by atoms with Crippen molar-refractivity contribution in [2.24, 2.45) is 0 Å². The zero-order valence-corrected chi connectivity index (χ0v) is 14.1. The van der Waals surface area contributed by atoms with Crippen LogP contribution in [0.25, 0.3) is 0 Å². The van der Waals surface area contributed by atoms with Gasteiger partial charge in [-0.2, -0.15) is 0 Å². The van der Waals surface area contributed by atoms with Crippen molar-refractivity contribution < 1.29 is 9.72 Å². The van der Waals surface area contributed by atoms with Crippen LogP contribution in [0.1, 0.15) is 10.9 Å². The van der Waals surface area contributed by atoms with Crippen LogP contribution in [0.15, 0.2) is 48.5 Å². The Labute approximate surface area is 147 Å². The van der Waals surface area contributed by atoms with Crippen molar-refractivity contribution in [3.8, 4) is 0 Å². The number of nitro benzene ring substituents is 1. The summed E-state index contributed by atoms with van der Waals surface area (Å²) >= 11 is 7.51. The third-order valence-electron chi connectivity index (χ3n) is 3.59. The molecule has 0 radical (unpaired) electrons. The summed E-state index contributed by atoms with van der Waals surface area (Å²) in [4.78, 5) is 24.7. The van der Waals surface area contributed by atoms with Crippen molar-refractivity contribution in [1.82, 2.24) is 4.90 Å². The maximum Gasteiger partial charge on any atom is 0.323 e. The number of nitrogens with one attached hydrogen (secondary N) is 1. The second-order valence-electron chi connectivity index (χ2n) is 5.21. The predicted molar refractivity (Wildman–Crippen MR) is 95.5 cm³/mol. The number of hydrogen-bond donors (Lipinski definition) is 1. The largest absolute Gasteiger partial charge is 0.323 e. The van der Waals surface area contributed by atoms with Crippen molar-refractivity contribution in [3.05, 3.63) is 69.2 Å². The average Bonchev–Trinajstić information content (AvgIpc) is 3.04. The molecule has 1 N–H and O–H groups in total. The number of amides is 2. The highest BCUT2D eigenvalue weighted by Gasteiger charge is 2.31. The van der Waals surface area contributed by atoms with E-state index < -0.39 is 4.92 Å². The van der Waals surface area contributed by atoms with Gasteiger partial charge in [-0.3, -0.25) is 10.1 Å². The Morgan fingerprint density at radius 2 is 2.08 bits per heavy atom. The molecule has 24 heavy (non-hydrogen) atoms. The van der Waals surface area contributed by atoms with Gasteiger partial charge in [-0.25, -0.2) is 4.79 Å². The zero-order valence-electron chi connectivity index (χ0n) is 12.5. The number of urea groups is 1. The van der Waals surface area contributed by atoms with Gasteiger partial charge in [0.25, 0.3) is 5.69 Å². The van der Waals surface area contributed by atoms with Gasteiger partial charge in [-0.1, -0.05) is 29.8 Å². The van der Waals surface area contributed by atoms with Crippen LogP contribution in [0.5, 0.6) is 0 Å².